The van der Waals surface area contributed by atoms with Crippen molar-refractivity contribution in [3.8, 4) is 50.7 Å². The average molecular weight is 1010 g/mol. The summed E-state index contributed by atoms with van der Waals surface area (Å²) < 4.78 is 8.86. The van der Waals surface area contributed by atoms with Crippen molar-refractivity contribution in [1.82, 2.24) is 9.55 Å². The first-order valence-corrected chi connectivity index (χ1v) is 21.5. The van der Waals surface area contributed by atoms with Crippen LogP contribution in [0.1, 0.15) is 30.5 Å². The predicted octanol–water partition coefficient (Wildman–Crippen LogP) is 14.9. The maximum absolute atomic E-state index is 6.67. The molecule has 2 aliphatic rings. The Kier molecular flexibility index (Phi) is 9.63. The zero-order valence-electron chi connectivity index (χ0n) is 35.5. The number of anilines is 4. The van der Waals surface area contributed by atoms with E-state index in [4.69, 9.17) is 9.72 Å². The van der Waals surface area contributed by atoms with Gasteiger partial charge in [-0.25, -0.2) is 4.98 Å². The standard InChI is InChI=1S/C58H41N4O.Pt/c1-38-33-55(59-36-48(38)40-19-8-5-9-20-40)62-51-26-13-11-23-45(51)46-30-29-43(35-54(46)62)63-42-22-16-21-41(34-42)60-37-61(53-28-15-14-27-52(53)60)57-44(39-17-6-4-7-18-39)31-32-50-56(57)47-24-10-12-25-49(47)58(50,2)3;/h4-33,36-37H,1-3H3;/q-3;. The van der Waals surface area contributed by atoms with E-state index in [-0.39, 0.29) is 26.5 Å². The molecule has 312 valence electrons. The van der Waals surface area contributed by atoms with Crippen molar-refractivity contribution in [3.05, 3.63) is 224 Å². The normalized spacial score (nSPS) is 13.4. The molecule has 0 unspecified atom stereocenters. The smallest absolute Gasteiger partial charge is 0.135 e. The first-order valence-electron chi connectivity index (χ1n) is 21.5. The zero-order chi connectivity index (χ0) is 42.2. The molecule has 0 saturated heterocycles. The maximum Gasteiger partial charge on any atom is 0.135 e. The quantitative estimate of drug-likeness (QED) is 0.149. The molecule has 0 bridgehead atoms. The molecule has 10 aromatic rings. The number of para-hydroxylation sites is 3. The largest absolute Gasteiger partial charge is 0.509 e. The maximum atomic E-state index is 6.67. The Morgan fingerprint density at radius 1 is 0.562 bits per heavy atom. The van der Waals surface area contributed by atoms with Gasteiger partial charge in [-0.2, -0.15) is 12.1 Å². The van der Waals surface area contributed by atoms with Crippen molar-refractivity contribution in [2.24, 2.45) is 0 Å². The SMILES string of the molecule is Cc1cc(-n2c3[c-]c(Oc4[c-]c(N5[CH-]N(c6c(-c7ccccc7)ccc7c6-c6ccccc6C7(C)C)c6ccccc65)ccc4)ccc3c3ccccc32)ncc1-c1ccccc1.[Pt]. The fourth-order valence-electron chi connectivity index (χ4n) is 9.87. The van der Waals surface area contributed by atoms with E-state index in [1.165, 1.54) is 33.4 Å². The van der Waals surface area contributed by atoms with Gasteiger partial charge in [0.15, 0.2) is 0 Å². The summed E-state index contributed by atoms with van der Waals surface area (Å²) in [7, 11) is 0. The van der Waals surface area contributed by atoms with Crippen LogP contribution in [0.5, 0.6) is 11.5 Å². The fourth-order valence-corrected chi connectivity index (χ4v) is 9.87. The van der Waals surface area contributed by atoms with Crippen molar-refractivity contribution in [3.63, 3.8) is 0 Å². The van der Waals surface area contributed by atoms with Crippen molar-refractivity contribution in [2.75, 3.05) is 9.80 Å². The summed E-state index contributed by atoms with van der Waals surface area (Å²) in [6, 6.07) is 71.4. The van der Waals surface area contributed by atoms with Gasteiger partial charge >= 0.3 is 0 Å². The molecule has 0 amide bonds. The molecule has 0 radical (unpaired) electrons. The van der Waals surface area contributed by atoms with Crippen LogP contribution < -0.4 is 14.5 Å². The third-order valence-corrected chi connectivity index (χ3v) is 12.9. The predicted molar refractivity (Wildman–Crippen MR) is 257 cm³/mol. The van der Waals surface area contributed by atoms with Gasteiger partial charge in [0, 0.05) is 83.4 Å². The fraction of sp³-hybridized carbons (Fsp3) is 0.0690. The molecule has 0 N–H and O–H groups in total. The first kappa shape index (κ1) is 39.6. The van der Waals surface area contributed by atoms with Gasteiger partial charge in [-0.05, 0) is 70.0 Å². The van der Waals surface area contributed by atoms with Crippen LogP contribution >= 0.6 is 0 Å². The monoisotopic (exact) mass is 1000 g/mol. The molecule has 1 aliphatic heterocycles. The van der Waals surface area contributed by atoms with E-state index in [0.29, 0.717) is 11.5 Å². The topological polar surface area (TPSA) is 33.5 Å². The molecule has 0 spiro atoms. The van der Waals surface area contributed by atoms with Crippen molar-refractivity contribution >= 4 is 44.6 Å². The van der Waals surface area contributed by atoms with Crippen molar-refractivity contribution < 1.29 is 25.8 Å². The summed E-state index contributed by atoms with van der Waals surface area (Å²) in [5.74, 6) is 2.02. The second-order valence-corrected chi connectivity index (χ2v) is 16.9. The van der Waals surface area contributed by atoms with Crippen LogP contribution in [0.25, 0.3) is 61.0 Å². The number of hydrogen-bond donors (Lipinski definition) is 0. The van der Waals surface area contributed by atoms with E-state index >= 15 is 0 Å². The van der Waals surface area contributed by atoms with Gasteiger partial charge in [0.05, 0.1) is 0 Å². The van der Waals surface area contributed by atoms with E-state index in [1.54, 1.807) is 0 Å². The third-order valence-electron chi connectivity index (χ3n) is 12.9. The van der Waals surface area contributed by atoms with Crippen LogP contribution in [0, 0.1) is 25.7 Å². The minimum absolute atomic E-state index is 0. The Morgan fingerprint density at radius 2 is 1.23 bits per heavy atom. The van der Waals surface area contributed by atoms with Crippen LogP contribution in [0.2, 0.25) is 0 Å². The number of pyridine rings is 1. The van der Waals surface area contributed by atoms with E-state index in [1.807, 2.05) is 30.5 Å². The number of ether oxygens (including phenoxy) is 1. The van der Waals surface area contributed by atoms with Gasteiger partial charge in [0.2, 0.25) is 0 Å². The van der Waals surface area contributed by atoms with E-state index in [0.717, 1.165) is 67.1 Å². The molecule has 0 saturated carbocycles. The van der Waals surface area contributed by atoms with Crippen molar-refractivity contribution in [2.45, 2.75) is 26.2 Å². The molecule has 0 fully saturated rings. The summed E-state index contributed by atoms with van der Waals surface area (Å²) in [5, 5.41) is 2.22. The minimum atomic E-state index is -0.148. The summed E-state index contributed by atoms with van der Waals surface area (Å²) >= 11 is 0. The first-order chi connectivity index (χ1) is 30.9. The Balaban J connectivity index is 0.00000456. The molecular weight excluding hydrogens is 964 g/mol. The van der Waals surface area contributed by atoms with Gasteiger partial charge in [-0.1, -0.05) is 147 Å². The average Bonchev–Trinajstić information content (AvgIpc) is 3.95. The van der Waals surface area contributed by atoms with Crippen molar-refractivity contribution in [1.29, 1.82) is 0 Å². The van der Waals surface area contributed by atoms with Gasteiger partial charge in [0.25, 0.3) is 0 Å². The Bertz CT molecular complexity index is 3410. The van der Waals surface area contributed by atoms with Crippen LogP contribution in [-0.4, -0.2) is 9.55 Å². The van der Waals surface area contributed by atoms with Gasteiger partial charge in [0.1, 0.15) is 5.82 Å². The van der Waals surface area contributed by atoms with Crippen LogP contribution in [0.4, 0.5) is 22.7 Å². The Morgan fingerprint density at radius 3 is 2.02 bits per heavy atom. The van der Waals surface area contributed by atoms with Crippen LogP contribution in [0.3, 0.4) is 0 Å². The van der Waals surface area contributed by atoms with E-state index in [9.17, 15) is 0 Å². The molecule has 64 heavy (non-hydrogen) atoms. The summed E-state index contributed by atoms with van der Waals surface area (Å²) in [5.41, 5.74) is 17.0. The molecule has 6 heteroatoms. The number of aryl methyl sites for hydroxylation is 1. The molecule has 3 heterocycles. The molecule has 2 aromatic heterocycles. The molecule has 12 rings (SSSR count). The third kappa shape index (κ3) is 6.29. The molecule has 0 atom stereocenters. The summed E-state index contributed by atoms with van der Waals surface area (Å²) in [4.78, 5) is 9.61. The molecule has 5 nitrogen and oxygen atoms in total. The number of nitrogens with zero attached hydrogens (tertiary/aromatic N) is 4. The summed E-state index contributed by atoms with van der Waals surface area (Å²) in [6.45, 7) is 9.04. The van der Waals surface area contributed by atoms with Crippen LogP contribution in [0.15, 0.2) is 188 Å². The minimum Gasteiger partial charge on any atom is -0.509 e. The van der Waals surface area contributed by atoms with Gasteiger partial charge in [-0.15, -0.1) is 48.1 Å². The second-order valence-electron chi connectivity index (χ2n) is 16.9. The number of aromatic nitrogens is 2. The Labute approximate surface area is 388 Å². The number of rotatable bonds is 7. The number of benzene rings is 8. The molecular formula is C58H41N4OPt-3. The number of hydrogen-bond acceptors (Lipinski definition) is 4. The Hall–Kier alpha value is -7.20. The van der Waals surface area contributed by atoms with Crippen LogP contribution in [-0.2, 0) is 26.5 Å². The molecule has 8 aromatic carbocycles. The number of fused-ring (bicyclic) bond motifs is 7. The summed E-state index contributed by atoms with van der Waals surface area (Å²) in [6.07, 6.45) is 1.98. The zero-order valence-corrected chi connectivity index (χ0v) is 37.8. The van der Waals surface area contributed by atoms with Gasteiger partial charge < -0.3 is 19.1 Å². The second kappa shape index (κ2) is 15.6. The molecule has 1 aliphatic carbocycles. The van der Waals surface area contributed by atoms with E-state index in [2.05, 4.69) is 212 Å². The van der Waals surface area contributed by atoms with E-state index < -0.39 is 0 Å². The van der Waals surface area contributed by atoms with Gasteiger partial charge in [-0.3, -0.25) is 0 Å².